The first-order chi connectivity index (χ1) is 21.9. The van der Waals surface area contributed by atoms with E-state index in [0.717, 1.165) is 12.2 Å². The maximum Gasteiger partial charge on any atom is 0.332 e. The second-order valence-corrected chi connectivity index (χ2v) is 11.7. The summed E-state index contributed by atoms with van der Waals surface area (Å²) < 4.78 is 49.1. The van der Waals surface area contributed by atoms with E-state index >= 15 is 0 Å². The minimum Gasteiger partial charge on any atom is -0.491 e. The molecule has 1 rings (SSSR count). The monoisotopic (exact) mass is 642 g/mol. The quantitative estimate of drug-likeness (QED) is 0.0707. The van der Waals surface area contributed by atoms with Crippen LogP contribution in [0.3, 0.4) is 0 Å². The van der Waals surface area contributed by atoms with Crippen molar-refractivity contribution in [3.63, 3.8) is 0 Å². The molecule has 45 heavy (non-hydrogen) atoms. The zero-order chi connectivity index (χ0) is 32.7. The zero-order valence-corrected chi connectivity index (χ0v) is 28.7. The normalized spacial score (nSPS) is 11.6. The molecule has 0 aliphatic rings. The predicted octanol–water partition coefficient (Wildman–Crippen LogP) is 5.82. The molecule has 0 bridgehead atoms. The van der Waals surface area contributed by atoms with Gasteiger partial charge in [0.25, 0.3) is 0 Å². The van der Waals surface area contributed by atoms with Crippen LogP contribution in [0.25, 0.3) is 0 Å². The summed E-state index contributed by atoms with van der Waals surface area (Å²) in [5.41, 5.74) is 0.872. The molecule has 0 atom stereocenters. The van der Waals surface area contributed by atoms with E-state index in [1.165, 1.54) is 50.5 Å². The molecule has 0 amide bonds. The van der Waals surface area contributed by atoms with Crippen molar-refractivity contribution in [2.75, 3.05) is 99.1 Å². The van der Waals surface area contributed by atoms with Crippen LogP contribution < -0.4 is 4.74 Å². The van der Waals surface area contributed by atoms with Crippen LogP contribution in [0.4, 0.5) is 0 Å². The van der Waals surface area contributed by atoms with Gasteiger partial charge in [0.2, 0.25) is 0 Å². The number of hydrogen-bond acceptors (Lipinski definition) is 10. The highest BCUT2D eigenvalue weighted by Gasteiger charge is 2.15. The summed E-state index contributed by atoms with van der Waals surface area (Å²) in [6, 6.07) is 8.44. The summed E-state index contributed by atoms with van der Waals surface area (Å²) in [6.07, 6.45) is 10.5. The first kappa shape index (κ1) is 41.2. The van der Waals surface area contributed by atoms with E-state index in [0.29, 0.717) is 92.5 Å². The second kappa shape index (κ2) is 29.6. The first-order valence-corrected chi connectivity index (χ1v) is 16.9. The highest BCUT2D eigenvalue weighted by Crippen LogP contribution is 2.15. The van der Waals surface area contributed by atoms with Crippen LogP contribution in [0.2, 0.25) is 0 Å². The summed E-state index contributed by atoms with van der Waals surface area (Å²) in [4.78, 5) is 11.5. The lowest BCUT2D eigenvalue weighted by Crippen LogP contribution is -2.27. The van der Waals surface area contributed by atoms with Crippen LogP contribution in [0.5, 0.6) is 5.75 Å². The molecule has 0 aromatic heterocycles. The molecule has 0 saturated heterocycles. The van der Waals surface area contributed by atoms with E-state index in [4.69, 9.17) is 42.6 Å². The minimum atomic E-state index is -0.506. The van der Waals surface area contributed by atoms with Gasteiger partial charge in [0.1, 0.15) is 24.6 Å². The van der Waals surface area contributed by atoms with Crippen molar-refractivity contribution in [1.29, 1.82) is 0 Å². The van der Waals surface area contributed by atoms with Gasteiger partial charge in [0, 0.05) is 0 Å². The molecular formula is C35H62O10. The van der Waals surface area contributed by atoms with Gasteiger partial charge in [-0.3, -0.25) is 0 Å². The number of rotatable bonds is 32. The van der Waals surface area contributed by atoms with E-state index in [9.17, 15) is 4.79 Å². The van der Waals surface area contributed by atoms with Gasteiger partial charge in [-0.05, 0) is 51.3 Å². The number of aryl methyl sites for hydroxylation is 1. The molecule has 0 fully saturated rings. The lowest BCUT2D eigenvalue weighted by Gasteiger charge is -2.19. The third-order valence-electron chi connectivity index (χ3n) is 6.36. The molecule has 10 nitrogen and oxygen atoms in total. The fraction of sp³-hybridized carbons (Fsp3) is 0.800. The van der Waals surface area contributed by atoms with Gasteiger partial charge >= 0.3 is 5.97 Å². The molecule has 0 saturated carbocycles. The molecule has 0 spiro atoms. The molecule has 0 aliphatic heterocycles. The molecule has 0 N–H and O–H groups in total. The lowest BCUT2D eigenvalue weighted by atomic mass is 10.0. The van der Waals surface area contributed by atoms with Crippen LogP contribution in [-0.4, -0.2) is 111 Å². The molecule has 10 heteroatoms. The molecule has 1 aromatic carbocycles. The van der Waals surface area contributed by atoms with Gasteiger partial charge in [-0.1, -0.05) is 57.6 Å². The number of unbranched alkanes of at least 4 members (excludes halogenated alkanes) is 6. The second-order valence-electron chi connectivity index (χ2n) is 11.7. The van der Waals surface area contributed by atoms with Crippen molar-refractivity contribution in [1.82, 2.24) is 0 Å². The Morgan fingerprint density at radius 2 is 0.933 bits per heavy atom. The maximum atomic E-state index is 11.5. The highest BCUT2D eigenvalue weighted by molar-refractivity contribution is 5.71. The summed E-state index contributed by atoms with van der Waals surface area (Å²) >= 11 is 0. The Kier molecular flexibility index (Phi) is 27.1. The number of ether oxygens (including phenoxy) is 9. The number of hydrogen-bond donors (Lipinski definition) is 0. The van der Waals surface area contributed by atoms with Crippen molar-refractivity contribution >= 4 is 5.97 Å². The third-order valence-corrected chi connectivity index (χ3v) is 6.36. The number of esters is 1. The van der Waals surface area contributed by atoms with Crippen LogP contribution in [0.1, 0.15) is 78.2 Å². The van der Waals surface area contributed by atoms with Gasteiger partial charge in [0.05, 0.1) is 85.9 Å². The zero-order valence-electron chi connectivity index (χ0n) is 28.7. The molecule has 0 radical (unpaired) electrons. The summed E-state index contributed by atoms with van der Waals surface area (Å²) in [7, 11) is 0. The van der Waals surface area contributed by atoms with E-state index in [1.54, 1.807) is 0 Å². The Hall–Kier alpha value is -1.79. The Labute approximate surface area is 272 Å². The SMILES string of the molecule is CCCCCCCCCc1ccc(OCCOCCOCCOCCOCCOCCOCCOCC(=O)OC(C)(C)C)cc1. The average Bonchev–Trinajstić information content (AvgIpc) is 3.00. The standard InChI is InChI=1S/C35H62O10/c1-5-6-7-8-9-10-11-12-32-13-15-33(16-14-32)44-30-29-42-26-25-40-22-21-38-18-17-37-19-20-39-23-24-41-27-28-43-31-34(36)45-35(2,3)4/h13-16H,5-12,17-31H2,1-4H3. The van der Waals surface area contributed by atoms with Gasteiger partial charge < -0.3 is 42.6 Å². The van der Waals surface area contributed by atoms with Gasteiger partial charge in [-0.25, -0.2) is 4.79 Å². The predicted molar refractivity (Wildman–Crippen MR) is 175 cm³/mol. The van der Waals surface area contributed by atoms with E-state index in [-0.39, 0.29) is 12.6 Å². The van der Waals surface area contributed by atoms with E-state index in [1.807, 2.05) is 32.9 Å². The van der Waals surface area contributed by atoms with Crippen molar-refractivity contribution < 1.29 is 47.4 Å². The van der Waals surface area contributed by atoms with E-state index < -0.39 is 5.60 Å². The lowest BCUT2D eigenvalue weighted by molar-refractivity contribution is -0.160. The molecule has 1 aromatic rings. The minimum absolute atomic E-state index is 0.0770. The Morgan fingerprint density at radius 1 is 0.533 bits per heavy atom. The van der Waals surface area contributed by atoms with Crippen LogP contribution in [0, 0.1) is 0 Å². The van der Waals surface area contributed by atoms with Crippen molar-refractivity contribution in [3.05, 3.63) is 29.8 Å². The van der Waals surface area contributed by atoms with Gasteiger partial charge in [-0.2, -0.15) is 0 Å². The Balaban J connectivity index is 1.75. The molecule has 0 unspecified atom stereocenters. The molecule has 0 aliphatic carbocycles. The summed E-state index contributed by atoms with van der Waals surface area (Å²) in [5, 5.41) is 0. The van der Waals surface area contributed by atoms with E-state index in [2.05, 4.69) is 19.1 Å². The number of benzene rings is 1. The maximum absolute atomic E-state index is 11.5. The fourth-order valence-electron chi connectivity index (χ4n) is 4.10. The molecule has 262 valence electrons. The Bertz CT molecular complexity index is 782. The van der Waals surface area contributed by atoms with Crippen LogP contribution >= 0.6 is 0 Å². The topological polar surface area (TPSA) is 100 Å². The molecular weight excluding hydrogens is 580 g/mol. The number of carbonyl (C=O) groups is 1. The van der Waals surface area contributed by atoms with Crippen molar-refractivity contribution in [2.45, 2.75) is 84.7 Å². The summed E-state index contributed by atoms with van der Waals surface area (Å²) in [6.45, 7) is 14.4. The smallest absolute Gasteiger partial charge is 0.332 e. The van der Waals surface area contributed by atoms with Crippen LogP contribution in [-0.2, 0) is 49.1 Å². The fourth-order valence-corrected chi connectivity index (χ4v) is 4.10. The van der Waals surface area contributed by atoms with Crippen LogP contribution in [0.15, 0.2) is 24.3 Å². The first-order valence-electron chi connectivity index (χ1n) is 16.9. The third kappa shape index (κ3) is 29.4. The molecule has 0 heterocycles. The van der Waals surface area contributed by atoms with Gasteiger partial charge in [-0.15, -0.1) is 0 Å². The number of carbonyl (C=O) groups excluding carboxylic acids is 1. The van der Waals surface area contributed by atoms with Crippen molar-refractivity contribution in [2.24, 2.45) is 0 Å². The largest absolute Gasteiger partial charge is 0.491 e. The van der Waals surface area contributed by atoms with Crippen molar-refractivity contribution in [3.8, 4) is 5.75 Å². The highest BCUT2D eigenvalue weighted by atomic mass is 16.6. The Morgan fingerprint density at radius 3 is 1.38 bits per heavy atom. The average molecular weight is 643 g/mol. The van der Waals surface area contributed by atoms with Gasteiger partial charge in [0.15, 0.2) is 0 Å². The summed E-state index contributed by atoms with van der Waals surface area (Å²) in [5.74, 6) is 0.502.